The first-order chi connectivity index (χ1) is 28.0. The number of carboxylic acids is 1. The number of ketones is 2. The Balaban J connectivity index is 0.000000663. The fraction of sp³-hybridized carbons (Fsp3) is 0.760. The zero-order chi connectivity index (χ0) is 42.9. The monoisotopic (exact) mass is 817 g/mol. The van der Waals surface area contributed by atoms with Gasteiger partial charge in [0, 0.05) is 50.4 Å². The highest BCUT2D eigenvalue weighted by Crippen LogP contribution is 2.72. The number of hydrogen-bond acceptors (Lipinski definition) is 7. The molecule has 6 fully saturated rings. The zero-order valence-electron chi connectivity index (χ0n) is 37.5. The molecule has 0 radical (unpaired) electrons. The van der Waals surface area contributed by atoms with E-state index < -0.39 is 5.97 Å². The SMILES string of the molecule is C1CCOC1.CC(C)C1=C2C3CCC4C(C)(CCC5C(C)C(CC(=O)C6CC(C(=O)O)C6C)CCC54C)C3CCC2(CC(=O)NCc2ccc(O)cc2)CC1=O.CNC. The van der Waals surface area contributed by atoms with Gasteiger partial charge in [-0.15, -0.1) is 0 Å². The largest absolute Gasteiger partial charge is 0.508 e. The second-order valence-corrected chi connectivity index (χ2v) is 20.8. The predicted molar refractivity (Wildman–Crippen MR) is 231 cm³/mol. The third kappa shape index (κ3) is 8.85. The molecule has 1 aromatic carbocycles. The van der Waals surface area contributed by atoms with Gasteiger partial charge in [-0.05, 0) is 166 Å². The number of carboxylic acid groups (broad SMARTS) is 1. The Labute approximate surface area is 354 Å². The number of aliphatic carboxylic acids is 1. The highest BCUT2D eigenvalue weighted by Gasteiger charge is 2.65. The van der Waals surface area contributed by atoms with Gasteiger partial charge in [-0.1, -0.05) is 59.2 Å². The number of allylic oxidation sites excluding steroid dienone is 2. The molecule has 59 heavy (non-hydrogen) atoms. The highest BCUT2D eigenvalue weighted by atomic mass is 16.5. The molecule has 1 heterocycles. The number of fused-ring (bicyclic) bond motifs is 7. The summed E-state index contributed by atoms with van der Waals surface area (Å²) in [6.07, 6.45) is 13.3. The normalized spacial score (nSPS) is 38.3. The summed E-state index contributed by atoms with van der Waals surface area (Å²) in [7, 11) is 3.75. The van der Waals surface area contributed by atoms with Crippen molar-refractivity contribution in [2.75, 3.05) is 27.3 Å². The molecule has 8 rings (SSSR count). The number of carbonyl (C=O) groups is 4. The van der Waals surface area contributed by atoms with Crippen LogP contribution in [0.15, 0.2) is 35.4 Å². The average molecular weight is 817 g/mol. The van der Waals surface area contributed by atoms with Crippen LogP contribution in [-0.2, 0) is 30.5 Å². The number of nitrogens with one attached hydrogen (secondary N) is 2. The van der Waals surface area contributed by atoms with Crippen molar-refractivity contribution in [3.63, 3.8) is 0 Å². The van der Waals surface area contributed by atoms with Crippen LogP contribution in [0, 0.1) is 75.4 Å². The zero-order valence-corrected chi connectivity index (χ0v) is 37.5. The molecule has 0 spiro atoms. The molecular formula is C50H76N2O7. The van der Waals surface area contributed by atoms with E-state index in [1.54, 1.807) is 12.1 Å². The second kappa shape index (κ2) is 18.5. The van der Waals surface area contributed by atoms with Gasteiger partial charge in [0.05, 0.1) is 5.92 Å². The Morgan fingerprint density at radius 3 is 2.08 bits per heavy atom. The van der Waals surface area contributed by atoms with Crippen LogP contribution in [0.4, 0.5) is 0 Å². The number of aromatic hydroxyl groups is 1. The lowest BCUT2D eigenvalue weighted by molar-refractivity contribution is -0.173. The summed E-state index contributed by atoms with van der Waals surface area (Å²) in [5.41, 5.74) is 3.32. The molecule has 1 aliphatic heterocycles. The summed E-state index contributed by atoms with van der Waals surface area (Å²) in [6.45, 7) is 16.2. The van der Waals surface area contributed by atoms with Crippen LogP contribution >= 0.6 is 0 Å². The quantitative estimate of drug-likeness (QED) is 0.193. The topological polar surface area (TPSA) is 142 Å². The Bertz CT molecular complexity index is 1710. The molecule has 12 atom stereocenters. The number of amides is 1. The van der Waals surface area contributed by atoms with Gasteiger partial charge in [-0.3, -0.25) is 19.2 Å². The summed E-state index contributed by atoms with van der Waals surface area (Å²) >= 11 is 0. The van der Waals surface area contributed by atoms with Crippen molar-refractivity contribution in [1.82, 2.24) is 10.6 Å². The summed E-state index contributed by atoms with van der Waals surface area (Å²) in [5.74, 6) is 2.52. The van der Waals surface area contributed by atoms with Gasteiger partial charge in [0.1, 0.15) is 11.5 Å². The van der Waals surface area contributed by atoms with Crippen LogP contribution < -0.4 is 10.6 Å². The molecule has 4 N–H and O–H groups in total. The summed E-state index contributed by atoms with van der Waals surface area (Å²) < 4.78 is 4.94. The average Bonchev–Trinajstić information content (AvgIpc) is 3.85. The van der Waals surface area contributed by atoms with Crippen LogP contribution in [0.25, 0.3) is 0 Å². The first kappa shape index (κ1) is 45.5. The first-order valence-corrected chi connectivity index (χ1v) is 23.2. The van der Waals surface area contributed by atoms with Crippen molar-refractivity contribution < 1.29 is 34.1 Å². The van der Waals surface area contributed by atoms with E-state index in [0.717, 1.165) is 62.9 Å². The summed E-state index contributed by atoms with van der Waals surface area (Å²) in [5, 5.41) is 25.0. The number of hydrogen-bond donors (Lipinski definition) is 4. The molecule has 1 amide bonds. The standard InChI is InChI=1S/C44H61NO6.C4H8O.C2H7N/c1-24(2)39-36(48)21-44(22-38(49)45-23-27-7-9-29(46)10-8-27)18-15-34-30(40(39)44)11-12-37-42(5)16-13-28(25(3)33(42)14-17-43(34,37)6)19-35(47)31-20-32(26(31)4)41(50)51;1-2-4-5-3-1;1-3-2/h7-10,24-26,28,30-34,37,46H,11-23H2,1-6H3,(H,45,49)(H,50,51);1-4H2;3H,1-2H3. The number of carbonyl (C=O) groups excluding carboxylic acids is 3. The number of Topliss-reactive ketones (excluding diaryl/α,β-unsaturated/α-hetero) is 2. The predicted octanol–water partition coefficient (Wildman–Crippen LogP) is 9.16. The third-order valence-corrected chi connectivity index (χ3v) is 17.2. The van der Waals surface area contributed by atoms with Crippen molar-refractivity contribution in [3.05, 3.63) is 41.0 Å². The minimum atomic E-state index is -0.763. The summed E-state index contributed by atoms with van der Waals surface area (Å²) in [6, 6.07) is 6.94. The van der Waals surface area contributed by atoms with E-state index in [-0.39, 0.29) is 57.4 Å². The molecule has 0 bridgehead atoms. The Morgan fingerprint density at radius 2 is 1.49 bits per heavy atom. The van der Waals surface area contributed by atoms with E-state index in [1.807, 2.05) is 33.2 Å². The Hall–Kier alpha value is -3.04. The number of phenols is 1. The van der Waals surface area contributed by atoms with E-state index in [2.05, 4.69) is 45.3 Å². The molecular weight excluding hydrogens is 741 g/mol. The van der Waals surface area contributed by atoms with Crippen molar-refractivity contribution >= 4 is 23.4 Å². The maximum Gasteiger partial charge on any atom is 0.306 e. The smallest absolute Gasteiger partial charge is 0.306 e. The molecule has 0 aromatic heterocycles. The number of ether oxygens (including phenoxy) is 1. The van der Waals surface area contributed by atoms with Crippen molar-refractivity contribution in [2.45, 2.75) is 138 Å². The molecule has 9 nitrogen and oxygen atoms in total. The van der Waals surface area contributed by atoms with Crippen molar-refractivity contribution in [2.24, 2.45) is 75.4 Å². The van der Waals surface area contributed by atoms with Crippen molar-refractivity contribution in [1.29, 1.82) is 0 Å². The molecule has 7 aliphatic rings. The van der Waals surface area contributed by atoms with Gasteiger partial charge in [-0.25, -0.2) is 0 Å². The lowest BCUT2D eigenvalue weighted by atomic mass is 9.37. The molecule has 9 heteroatoms. The van der Waals surface area contributed by atoms with Crippen molar-refractivity contribution in [3.8, 4) is 5.75 Å². The first-order valence-electron chi connectivity index (χ1n) is 23.2. The Morgan fingerprint density at radius 1 is 0.864 bits per heavy atom. The van der Waals surface area contributed by atoms with E-state index in [9.17, 15) is 29.4 Å². The lowest BCUT2D eigenvalue weighted by Crippen LogP contribution is -2.60. The highest BCUT2D eigenvalue weighted by molar-refractivity contribution is 6.01. The maximum atomic E-state index is 13.9. The van der Waals surface area contributed by atoms with Gasteiger partial charge >= 0.3 is 5.97 Å². The maximum absolute atomic E-state index is 13.9. The van der Waals surface area contributed by atoms with Crippen LogP contribution in [0.3, 0.4) is 0 Å². The van der Waals surface area contributed by atoms with Crippen LogP contribution in [0.2, 0.25) is 0 Å². The lowest BCUT2D eigenvalue weighted by Gasteiger charge is -2.67. The fourth-order valence-corrected chi connectivity index (χ4v) is 14.3. The number of rotatable bonds is 9. The molecule has 5 saturated carbocycles. The van der Waals surface area contributed by atoms with Crippen LogP contribution in [0.5, 0.6) is 5.75 Å². The summed E-state index contributed by atoms with van der Waals surface area (Å²) in [4.78, 5) is 52.4. The van der Waals surface area contributed by atoms with E-state index in [4.69, 9.17) is 4.74 Å². The molecule has 1 aromatic rings. The molecule has 12 unspecified atom stereocenters. The number of benzene rings is 1. The van der Waals surface area contributed by atoms with Gasteiger partial charge in [0.2, 0.25) is 5.91 Å². The van der Waals surface area contributed by atoms with Gasteiger partial charge in [-0.2, -0.15) is 0 Å². The number of phenolic OH excluding ortho intramolecular Hbond substituents is 1. The van der Waals surface area contributed by atoms with E-state index in [0.29, 0.717) is 73.5 Å². The third-order valence-electron chi connectivity index (χ3n) is 17.2. The van der Waals surface area contributed by atoms with Gasteiger partial charge in [0.15, 0.2) is 5.78 Å². The van der Waals surface area contributed by atoms with Gasteiger partial charge < -0.3 is 25.6 Å². The molecule has 6 aliphatic carbocycles. The second-order valence-electron chi connectivity index (χ2n) is 20.8. The fourth-order valence-electron chi connectivity index (χ4n) is 14.3. The van der Waals surface area contributed by atoms with Gasteiger partial charge in [0.25, 0.3) is 0 Å². The Kier molecular flexibility index (Phi) is 14.3. The van der Waals surface area contributed by atoms with Crippen LogP contribution in [-0.4, -0.2) is 61.0 Å². The molecule has 1 saturated heterocycles. The minimum Gasteiger partial charge on any atom is -0.508 e. The van der Waals surface area contributed by atoms with E-state index >= 15 is 0 Å². The van der Waals surface area contributed by atoms with E-state index in [1.165, 1.54) is 31.3 Å². The van der Waals surface area contributed by atoms with Crippen LogP contribution in [0.1, 0.15) is 137 Å². The minimum absolute atomic E-state index is 0.00226. The molecule has 328 valence electrons.